The fourth-order valence-electron chi connectivity index (χ4n) is 4.99. The summed E-state index contributed by atoms with van der Waals surface area (Å²) in [6.45, 7) is 24.7. The lowest BCUT2D eigenvalue weighted by molar-refractivity contribution is -0.140. The minimum absolute atomic E-state index is 0.0113. The molecule has 41 heavy (non-hydrogen) atoms. The molecule has 0 aliphatic heterocycles. The molecule has 8 heteroatoms. The quantitative estimate of drug-likeness (QED) is 0.0767. The first-order chi connectivity index (χ1) is 18.8. The van der Waals surface area contributed by atoms with Crippen LogP contribution >= 0.6 is 0 Å². The summed E-state index contributed by atoms with van der Waals surface area (Å²) in [6.07, 6.45) is 11.3. The van der Waals surface area contributed by atoms with Crippen molar-refractivity contribution in [3.63, 3.8) is 0 Å². The van der Waals surface area contributed by atoms with Crippen LogP contribution in [0.2, 0.25) is 36.3 Å². The summed E-state index contributed by atoms with van der Waals surface area (Å²) in [6, 6.07) is 0. The van der Waals surface area contributed by atoms with Crippen LogP contribution in [0.25, 0.3) is 0 Å². The van der Waals surface area contributed by atoms with E-state index in [2.05, 4.69) is 86.8 Å². The van der Waals surface area contributed by atoms with Gasteiger partial charge in [0.05, 0.1) is 31.3 Å². The fourth-order valence-corrected chi connectivity index (χ4v) is 7.64. The average molecular weight is 613 g/mol. The van der Waals surface area contributed by atoms with Crippen molar-refractivity contribution in [3.8, 4) is 0 Å². The Bertz CT molecular complexity index is 840. The van der Waals surface area contributed by atoms with Gasteiger partial charge < -0.3 is 18.7 Å². The lowest BCUT2D eigenvalue weighted by Gasteiger charge is -2.40. The summed E-state index contributed by atoms with van der Waals surface area (Å²) in [7, 11) is -2.73. The van der Waals surface area contributed by atoms with E-state index in [1.165, 1.54) is 13.5 Å². The predicted molar refractivity (Wildman–Crippen MR) is 175 cm³/mol. The highest BCUT2D eigenvalue weighted by molar-refractivity contribution is 6.74. The number of Topliss-reactive ketones (excluding diaryl/α,β-unsaturated/α-hetero) is 1. The molecule has 0 aromatic carbocycles. The van der Waals surface area contributed by atoms with Gasteiger partial charge in [-0.3, -0.25) is 9.59 Å². The van der Waals surface area contributed by atoms with Gasteiger partial charge >= 0.3 is 5.97 Å². The molecule has 1 rings (SSSR count). The number of aliphatic hydroxyl groups is 1. The molecule has 0 spiro atoms. The van der Waals surface area contributed by atoms with Crippen molar-refractivity contribution in [1.82, 2.24) is 0 Å². The highest BCUT2D eigenvalue weighted by Gasteiger charge is 2.49. The zero-order chi connectivity index (χ0) is 31.6. The minimum atomic E-state index is -2.14. The molecule has 1 N–H and O–H groups in total. The van der Waals surface area contributed by atoms with Gasteiger partial charge in [0.15, 0.2) is 16.6 Å². The molecule has 0 saturated heterocycles. The SMILES string of the molecule is CCCCC[C@@H](C=C[C@@H]1[C@@H](C(O)CCCCCC(=O)OC)C(=O)C[C@H]1O[Si](C)(C)C(C)(C)C)O[Si](C)(C)C(C)(C)C. The van der Waals surface area contributed by atoms with E-state index < -0.39 is 28.7 Å². The summed E-state index contributed by atoms with van der Waals surface area (Å²) >= 11 is 0. The maximum absolute atomic E-state index is 13.5. The van der Waals surface area contributed by atoms with Crippen molar-refractivity contribution in [2.24, 2.45) is 11.8 Å². The third-order valence-corrected chi connectivity index (χ3v) is 18.8. The number of ether oxygens (including phenoxy) is 1. The van der Waals surface area contributed by atoms with Gasteiger partial charge in [-0.25, -0.2) is 0 Å². The van der Waals surface area contributed by atoms with Gasteiger partial charge in [-0.05, 0) is 55.5 Å². The van der Waals surface area contributed by atoms with E-state index in [0.29, 0.717) is 19.3 Å². The second kappa shape index (κ2) is 16.3. The lowest BCUT2D eigenvalue weighted by Crippen LogP contribution is -2.45. The summed E-state index contributed by atoms with van der Waals surface area (Å²) < 4.78 is 18.5. The van der Waals surface area contributed by atoms with E-state index in [0.717, 1.165) is 38.5 Å². The normalized spacial score (nSPS) is 22.4. The predicted octanol–water partition coefficient (Wildman–Crippen LogP) is 8.59. The number of hydrogen-bond acceptors (Lipinski definition) is 6. The van der Waals surface area contributed by atoms with Crippen LogP contribution in [0.15, 0.2) is 12.2 Å². The van der Waals surface area contributed by atoms with Crippen molar-refractivity contribution in [3.05, 3.63) is 12.2 Å². The number of hydrogen-bond donors (Lipinski definition) is 1. The van der Waals surface area contributed by atoms with E-state index in [9.17, 15) is 14.7 Å². The smallest absolute Gasteiger partial charge is 0.305 e. The number of ketones is 1. The third kappa shape index (κ3) is 12.0. The largest absolute Gasteiger partial charge is 0.469 e. The molecule has 5 atom stereocenters. The molecule has 0 aromatic heterocycles. The Kier molecular flexibility index (Phi) is 15.2. The molecule has 1 saturated carbocycles. The maximum Gasteiger partial charge on any atom is 0.305 e. The Morgan fingerprint density at radius 1 is 0.951 bits per heavy atom. The van der Waals surface area contributed by atoms with Crippen LogP contribution in [0, 0.1) is 11.8 Å². The van der Waals surface area contributed by atoms with Crippen LogP contribution in [-0.2, 0) is 23.2 Å². The standard InChI is InChI=1S/C33H64O6Si2/c1-13-14-16-19-25(38-40(9,10)32(2,3)4)22-23-26-29(39-41(11,12)33(5,6)7)24-28(35)31(26)27(34)20-17-15-18-21-30(36)37-8/h22-23,25-27,29,31,34H,13-21,24H2,1-12H3/t25-,26-,27?,29+,31-/m0/s1. The first-order valence-corrected chi connectivity index (χ1v) is 21.9. The lowest BCUT2D eigenvalue weighted by atomic mass is 9.86. The molecule has 0 heterocycles. The Hall–Kier alpha value is -0.806. The average Bonchev–Trinajstić information content (AvgIpc) is 3.14. The molecular formula is C33H64O6Si2. The van der Waals surface area contributed by atoms with Crippen molar-refractivity contribution in [2.45, 2.75) is 167 Å². The highest BCUT2D eigenvalue weighted by Crippen LogP contribution is 2.44. The monoisotopic (exact) mass is 612 g/mol. The van der Waals surface area contributed by atoms with E-state index in [1.54, 1.807) is 0 Å². The molecule has 6 nitrogen and oxygen atoms in total. The molecule has 0 bridgehead atoms. The fraction of sp³-hybridized carbons (Fsp3) is 0.879. The van der Waals surface area contributed by atoms with E-state index in [4.69, 9.17) is 13.6 Å². The van der Waals surface area contributed by atoms with Gasteiger partial charge in [-0.1, -0.05) is 92.7 Å². The molecule has 0 aromatic rings. The molecule has 1 unspecified atom stereocenters. The summed E-state index contributed by atoms with van der Waals surface area (Å²) in [5.74, 6) is -0.775. The van der Waals surface area contributed by atoms with Gasteiger partial charge in [0.1, 0.15) is 5.78 Å². The first kappa shape index (κ1) is 38.2. The Balaban J connectivity index is 3.24. The number of carbonyl (C=O) groups excluding carboxylic acids is 2. The Labute approximate surface area is 254 Å². The second-order valence-corrected chi connectivity index (χ2v) is 24.7. The summed E-state index contributed by atoms with van der Waals surface area (Å²) in [5.41, 5.74) is 0. The van der Waals surface area contributed by atoms with Crippen LogP contribution in [-0.4, -0.2) is 58.9 Å². The van der Waals surface area contributed by atoms with Crippen LogP contribution in [0.3, 0.4) is 0 Å². The van der Waals surface area contributed by atoms with Gasteiger partial charge in [0, 0.05) is 18.8 Å². The van der Waals surface area contributed by atoms with E-state index in [-0.39, 0.29) is 40.0 Å². The first-order valence-electron chi connectivity index (χ1n) is 16.1. The Morgan fingerprint density at radius 2 is 1.54 bits per heavy atom. The zero-order valence-electron chi connectivity index (χ0n) is 28.6. The maximum atomic E-state index is 13.5. The molecule has 0 radical (unpaired) electrons. The number of rotatable bonds is 17. The summed E-state index contributed by atoms with van der Waals surface area (Å²) in [4.78, 5) is 24.9. The Morgan fingerprint density at radius 3 is 2.07 bits per heavy atom. The van der Waals surface area contributed by atoms with Gasteiger partial charge in [-0.2, -0.15) is 0 Å². The second-order valence-electron chi connectivity index (χ2n) is 15.2. The van der Waals surface area contributed by atoms with Crippen LogP contribution in [0.4, 0.5) is 0 Å². The zero-order valence-corrected chi connectivity index (χ0v) is 30.6. The number of unbranched alkanes of at least 4 members (excludes halogenated alkanes) is 4. The minimum Gasteiger partial charge on any atom is -0.469 e. The molecule has 1 fully saturated rings. The van der Waals surface area contributed by atoms with Crippen molar-refractivity contribution in [2.75, 3.05) is 7.11 Å². The number of esters is 1. The topological polar surface area (TPSA) is 82.1 Å². The molecular weight excluding hydrogens is 549 g/mol. The van der Waals surface area contributed by atoms with Gasteiger partial charge in [0.2, 0.25) is 0 Å². The van der Waals surface area contributed by atoms with Crippen LogP contribution in [0.1, 0.15) is 113 Å². The summed E-state index contributed by atoms with van der Waals surface area (Å²) in [5, 5.41) is 11.5. The van der Waals surface area contributed by atoms with Gasteiger partial charge in [-0.15, -0.1) is 0 Å². The molecule has 240 valence electrons. The van der Waals surface area contributed by atoms with Crippen molar-refractivity contribution < 1.29 is 28.3 Å². The molecule has 1 aliphatic carbocycles. The van der Waals surface area contributed by atoms with Crippen molar-refractivity contribution in [1.29, 1.82) is 0 Å². The van der Waals surface area contributed by atoms with E-state index >= 15 is 0 Å². The number of aliphatic hydroxyl groups excluding tert-OH is 1. The van der Waals surface area contributed by atoms with Gasteiger partial charge in [0.25, 0.3) is 0 Å². The molecule has 0 amide bonds. The van der Waals surface area contributed by atoms with Crippen LogP contribution in [0.5, 0.6) is 0 Å². The number of methoxy groups -OCH3 is 1. The van der Waals surface area contributed by atoms with E-state index in [1.807, 2.05) is 0 Å². The number of carbonyl (C=O) groups is 2. The molecule has 1 aliphatic rings. The highest BCUT2D eigenvalue weighted by atomic mass is 28.4. The third-order valence-electron chi connectivity index (χ3n) is 9.79. The van der Waals surface area contributed by atoms with Crippen LogP contribution < -0.4 is 0 Å². The van der Waals surface area contributed by atoms with Crippen molar-refractivity contribution >= 4 is 28.4 Å².